The fraction of sp³-hybridized carbons (Fsp3) is 0.533. The van der Waals surface area contributed by atoms with Crippen molar-refractivity contribution in [2.45, 2.75) is 18.9 Å². The molecule has 2 fully saturated rings. The number of nitrogens with zero attached hydrogens (tertiary/aromatic N) is 1. The second kappa shape index (κ2) is 3.37. The number of ketones is 2. The highest BCUT2D eigenvalue weighted by Crippen LogP contribution is 2.70. The second-order valence-electron chi connectivity index (χ2n) is 6.47. The summed E-state index contributed by atoms with van der Waals surface area (Å²) in [5.74, 6) is -0.846. The molecule has 0 radical (unpaired) electrons. The topological polar surface area (TPSA) is 75.7 Å². The van der Waals surface area contributed by atoms with Crippen molar-refractivity contribution < 1.29 is 19.1 Å². The number of nitrogens with one attached hydrogen (secondary N) is 1. The number of piperidine rings is 1. The van der Waals surface area contributed by atoms with Gasteiger partial charge in [-0.15, -0.1) is 0 Å². The first kappa shape index (κ1) is 12.6. The van der Waals surface area contributed by atoms with E-state index >= 15 is 0 Å². The van der Waals surface area contributed by atoms with Gasteiger partial charge in [0.25, 0.3) is 0 Å². The van der Waals surface area contributed by atoms with Crippen LogP contribution in [-0.4, -0.2) is 48.7 Å². The van der Waals surface area contributed by atoms with Crippen LogP contribution in [0.15, 0.2) is 23.0 Å². The summed E-state index contributed by atoms with van der Waals surface area (Å²) in [6, 6.07) is 0. The van der Waals surface area contributed by atoms with E-state index in [0.29, 0.717) is 11.5 Å². The molecule has 2 heterocycles. The number of hydrogen-bond acceptors (Lipinski definition) is 6. The number of carbonyl (C=O) groups is 3. The summed E-state index contributed by atoms with van der Waals surface area (Å²) in [5, 5.41) is 2.84. The average molecular weight is 288 g/mol. The Morgan fingerprint density at radius 2 is 2.19 bits per heavy atom. The maximum Gasteiger partial charge on any atom is 0.339 e. The molecule has 2 aliphatic carbocycles. The lowest BCUT2D eigenvalue weighted by Gasteiger charge is -2.26. The molecule has 1 saturated heterocycles. The van der Waals surface area contributed by atoms with Crippen LogP contribution in [0.1, 0.15) is 13.3 Å². The number of methoxy groups -OCH3 is 1. The summed E-state index contributed by atoms with van der Waals surface area (Å²) in [5.41, 5.74) is -0.142. The normalized spacial score (nSPS) is 39.5. The van der Waals surface area contributed by atoms with Crippen LogP contribution in [-0.2, 0) is 19.1 Å². The summed E-state index contributed by atoms with van der Waals surface area (Å²) in [6.45, 7) is 2.33. The number of rotatable bonds is 1. The van der Waals surface area contributed by atoms with Crippen LogP contribution in [0.4, 0.5) is 0 Å². The molecule has 6 heteroatoms. The molecule has 21 heavy (non-hydrogen) atoms. The molecule has 110 valence electrons. The van der Waals surface area contributed by atoms with Crippen molar-refractivity contribution in [1.29, 1.82) is 0 Å². The third kappa shape index (κ3) is 1.18. The van der Waals surface area contributed by atoms with Crippen LogP contribution in [0, 0.1) is 11.3 Å². The zero-order valence-corrected chi connectivity index (χ0v) is 12.1. The Balaban J connectivity index is 1.85. The highest BCUT2D eigenvalue weighted by molar-refractivity contribution is 6.26. The quantitative estimate of drug-likeness (QED) is 0.530. The van der Waals surface area contributed by atoms with Crippen LogP contribution in [0.3, 0.4) is 0 Å². The zero-order chi connectivity index (χ0) is 15.2. The number of carbonyl (C=O) groups excluding carboxylic acids is 3. The van der Waals surface area contributed by atoms with Crippen molar-refractivity contribution >= 4 is 17.5 Å². The third-order valence-electron chi connectivity index (χ3n) is 5.33. The number of allylic oxidation sites excluding steroid dienone is 2. The molecule has 0 aromatic rings. The minimum Gasteiger partial charge on any atom is -0.467 e. The van der Waals surface area contributed by atoms with Crippen LogP contribution in [0.25, 0.3) is 0 Å². The van der Waals surface area contributed by atoms with Gasteiger partial charge in [0.1, 0.15) is 0 Å². The number of likely N-dealkylation sites (tertiary alicyclic amines) is 1. The van der Waals surface area contributed by atoms with Crippen LogP contribution >= 0.6 is 0 Å². The second-order valence-corrected chi connectivity index (χ2v) is 6.47. The third-order valence-corrected chi connectivity index (χ3v) is 5.33. The predicted octanol–water partition coefficient (Wildman–Crippen LogP) is -0.237. The Morgan fingerprint density at radius 1 is 1.48 bits per heavy atom. The molecule has 4 aliphatic rings. The van der Waals surface area contributed by atoms with E-state index in [1.165, 1.54) is 14.0 Å². The van der Waals surface area contributed by atoms with Gasteiger partial charge in [0.15, 0.2) is 11.3 Å². The van der Waals surface area contributed by atoms with Gasteiger partial charge in [-0.3, -0.25) is 9.59 Å². The molecule has 0 aromatic carbocycles. The Hall–Kier alpha value is -2.11. The van der Waals surface area contributed by atoms with Gasteiger partial charge in [0.2, 0.25) is 5.78 Å². The van der Waals surface area contributed by atoms with E-state index < -0.39 is 11.5 Å². The molecular formula is C15H16N2O4. The fourth-order valence-electron chi connectivity index (χ4n) is 4.19. The number of Topliss-reactive ketones (excluding diaryl/α,β-unsaturated/α-hetero) is 1. The molecule has 0 aromatic heterocycles. The van der Waals surface area contributed by atoms with E-state index in [-0.39, 0.29) is 22.7 Å². The van der Waals surface area contributed by atoms with E-state index in [1.54, 1.807) is 6.08 Å². The van der Waals surface area contributed by atoms with Gasteiger partial charge < -0.3 is 15.0 Å². The molecule has 4 rings (SSSR count). The van der Waals surface area contributed by atoms with E-state index in [4.69, 9.17) is 4.74 Å². The summed E-state index contributed by atoms with van der Waals surface area (Å²) in [6.07, 6.45) is 2.48. The lowest BCUT2D eigenvalue weighted by atomic mass is 9.80. The Morgan fingerprint density at radius 3 is 2.86 bits per heavy atom. The van der Waals surface area contributed by atoms with Crippen molar-refractivity contribution in [1.82, 2.24) is 10.2 Å². The van der Waals surface area contributed by atoms with Gasteiger partial charge in [-0.05, 0) is 19.3 Å². The summed E-state index contributed by atoms with van der Waals surface area (Å²) in [7, 11) is 3.18. The van der Waals surface area contributed by atoms with E-state index in [2.05, 4.69) is 5.32 Å². The lowest BCUT2D eigenvalue weighted by Crippen LogP contribution is -2.52. The van der Waals surface area contributed by atoms with Gasteiger partial charge in [0, 0.05) is 36.4 Å². The monoisotopic (exact) mass is 288 g/mol. The van der Waals surface area contributed by atoms with Crippen LogP contribution in [0.5, 0.6) is 0 Å². The number of esters is 1. The Bertz CT molecular complexity index is 692. The maximum atomic E-state index is 12.9. The van der Waals surface area contributed by atoms with Gasteiger partial charge >= 0.3 is 5.97 Å². The van der Waals surface area contributed by atoms with E-state index in [1.807, 2.05) is 11.9 Å². The largest absolute Gasteiger partial charge is 0.467 e. The first-order valence-corrected chi connectivity index (χ1v) is 7.00. The predicted molar refractivity (Wildman–Crippen MR) is 71.8 cm³/mol. The van der Waals surface area contributed by atoms with Crippen molar-refractivity contribution in [3.8, 4) is 0 Å². The zero-order valence-electron chi connectivity index (χ0n) is 12.1. The molecule has 0 amide bonds. The Kier molecular flexibility index (Phi) is 2.03. The first-order chi connectivity index (χ1) is 9.86. The van der Waals surface area contributed by atoms with Gasteiger partial charge in [-0.1, -0.05) is 0 Å². The van der Waals surface area contributed by atoms with E-state index in [9.17, 15) is 14.4 Å². The smallest absolute Gasteiger partial charge is 0.339 e. The molecule has 1 saturated carbocycles. The molecular weight excluding hydrogens is 272 g/mol. The maximum absolute atomic E-state index is 12.9. The van der Waals surface area contributed by atoms with Crippen LogP contribution < -0.4 is 5.32 Å². The lowest BCUT2D eigenvalue weighted by molar-refractivity contribution is -0.150. The number of hydrogen-bond donors (Lipinski definition) is 1. The summed E-state index contributed by atoms with van der Waals surface area (Å²) >= 11 is 0. The summed E-state index contributed by atoms with van der Waals surface area (Å²) in [4.78, 5) is 39.2. The molecule has 3 unspecified atom stereocenters. The van der Waals surface area contributed by atoms with Crippen molar-refractivity contribution in [2.24, 2.45) is 11.3 Å². The van der Waals surface area contributed by atoms with Gasteiger partial charge in [-0.25, -0.2) is 4.79 Å². The molecule has 6 nitrogen and oxygen atoms in total. The van der Waals surface area contributed by atoms with Crippen LogP contribution in [0.2, 0.25) is 0 Å². The minimum atomic E-state index is -1.48. The minimum absolute atomic E-state index is 0.231. The first-order valence-electron chi connectivity index (χ1n) is 7.00. The SMILES string of the molecule is COC(=O)C1(C)NC2=C(C1=O)C13CC1CN(C)C3=CC2=O. The molecule has 2 aliphatic heterocycles. The molecule has 3 atom stereocenters. The average Bonchev–Trinajstić information content (AvgIpc) is 2.96. The number of ether oxygens (including phenoxy) is 1. The standard InChI is InChI=1S/C15H16N2O4/c1-14(13(20)21-3)12(19)10-11(16-14)8(18)4-9-15(10)5-7(15)6-17(9)2/h4,7,16H,5-6H2,1-3H3. The van der Waals surface area contributed by atoms with Crippen molar-refractivity contribution in [3.63, 3.8) is 0 Å². The highest BCUT2D eigenvalue weighted by atomic mass is 16.5. The van der Waals surface area contributed by atoms with Gasteiger partial charge in [0.05, 0.1) is 12.8 Å². The van der Waals surface area contributed by atoms with E-state index in [0.717, 1.165) is 18.7 Å². The Labute approximate surface area is 121 Å². The molecule has 0 bridgehead atoms. The van der Waals surface area contributed by atoms with Gasteiger partial charge in [-0.2, -0.15) is 0 Å². The highest BCUT2D eigenvalue weighted by Gasteiger charge is 2.71. The fourth-order valence-corrected chi connectivity index (χ4v) is 4.19. The summed E-state index contributed by atoms with van der Waals surface area (Å²) < 4.78 is 4.74. The molecule has 1 N–H and O–H groups in total. The molecule has 1 spiro atoms. The van der Waals surface area contributed by atoms with Crippen molar-refractivity contribution in [2.75, 3.05) is 20.7 Å². The van der Waals surface area contributed by atoms with Crippen molar-refractivity contribution in [3.05, 3.63) is 23.0 Å².